The maximum Gasteiger partial charge on any atom is 0.237 e. The summed E-state index contributed by atoms with van der Waals surface area (Å²) in [4.78, 5) is 11.8. The highest BCUT2D eigenvalue weighted by atomic mass is 16.3. The second kappa shape index (κ2) is 7.74. The number of aliphatic hydroxyl groups is 1. The molecule has 1 amide bonds. The van der Waals surface area contributed by atoms with Gasteiger partial charge in [-0.25, -0.2) is 0 Å². The minimum atomic E-state index is -0.464. The molecule has 0 aromatic carbocycles. The Kier molecular flexibility index (Phi) is 6.65. The smallest absolute Gasteiger partial charge is 0.237 e. The normalized spacial score (nSPS) is 22.2. The largest absolute Gasteiger partial charge is 0.391 e. The topological polar surface area (TPSA) is 75.4 Å². The molecule has 3 unspecified atom stereocenters. The molecule has 3 atom stereocenters. The molecule has 1 rings (SSSR count). The average molecular weight is 256 g/mol. The van der Waals surface area contributed by atoms with Gasteiger partial charge in [0.1, 0.15) is 0 Å². The second-order valence-corrected chi connectivity index (χ2v) is 5.62. The quantitative estimate of drug-likeness (QED) is 0.672. The molecule has 1 aliphatic carbocycles. The molecule has 18 heavy (non-hydrogen) atoms. The zero-order valence-electron chi connectivity index (χ0n) is 11.7. The van der Waals surface area contributed by atoms with Crippen molar-refractivity contribution >= 4 is 5.91 Å². The molecule has 4 N–H and O–H groups in total. The summed E-state index contributed by atoms with van der Waals surface area (Å²) in [6.07, 6.45) is 6.29. The summed E-state index contributed by atoms with van der Waals surface area (Å²) in [5.41, 5.74) is 5.84. The predicted octanol–water partition coefficient (Wildman–Crippen LogP) is 1.42. The minimum absolute atomic E-state index is 0.140. The maximum atomic E-state index is 11.8. The number of hydrogen-bond donors (Lipinski definition) is 3. The minimum Gasteiger partial charge on any atom is -0.391 e. The number of hydrogen-bond acceptors (Lipinski definition) is 3. The number of rotatable bonds is 6. The third-order valence-corrected chi connectivity index (χ3v) is 4.24. The van der Waals surface area contributed by atoms with Crippen molar-refractivity contribution < 1.29 is 9.90 Å². The van der Waals surface area contributed by atoms with Crippen LogP contribution in [-0.4, -0.2) is 29.7 Å². The molecule has 0 heterocycles. The molecule has 106 valence electrons. The highest BCUT2D eigenvalue weighted by Crippen LogP contribution is 2.26. The van der Waals surface area contributed by atoms with Crippen LogP contribution in [0, 0.1) is 11.8 Å². The molecular formula is C14H28N2O2. The van der Waals surface area contributed by atoms with Gasteiger partial charge < -0.3 is 16.2 Å². The maximum absolute atomic E-state index is 11.8. The second-order valence-electron chi connectivity index (χ2n) is 5.62. The fraction of sp³-hybridized carbons (Fsp3) is 0.929. The molecule has 0 aromatic heterocycles. The van der Waals surface area contributed by atoms with Gasteiger partial charge in [0.25, 0.3) is 0 Å². The molecular weight excluding hydrogens is 228 g/mol. The van der Waals surface area contributed by atoms with Crippen LogP contribution in [-0.2, 0) is 4.79 Å². The van der Waals surface area contributed by atoms with Crippen molar-refractivity contribution in [3.63, 3.8) is 0 Å². The van der Waals surface area contributed by atoms with Crippen LogP contribution in [0.25, 0.3) is 0 Å². The molecule has 0 radical (unpaired) electrons. The number of amides is 1. The van der Waals surface area contributed by atoms with Crippen LogP contribution in [0.2, 0.25) is 0 Å². The first-order valence-corrected chi connectivity index (χ1v) is 7.27. The van der Waals surface area contributed by atoms with Gasteiger partial charge in [-0.15, -0.1) is 0 Å². The third kappa shape index (κ3) is 4.58. The van der Waals surface area contributed by atoms with Crippen molar-refractivity contribution in [3.8, 4) is 0 Å². The zero-order chi connectivity index (χ0) is 13.5. The Bertz CT molecular complexity index is 252. The lowest BCUT2D eigenvalue weighted by atomic mass is 9.85. The Morgan fingerprint density at radius 1 is 1.39 bits per heavy atom. The van der Waals surface area contributed by atoms with E-state index in [4.69, 9.17) is 5.73 Å². The summed E-state index contributed by atoms with van der Waals surface area (Å²) in [6.45, 7) is 4.34. The lowest BCUT2D eigenvalue weighted by Crippen LogP contribution is -2.47. The molecule has 4 heteroatoms. The molecule has 1 aliphatic rings. The number of aliphatic hydroxyl groups excluding tert-OH is 1. The Balaban J connectivity index is 2.28. The molecule has 0 aliphatic heterocycles. The summed E-state index contributed by atoms with van der Waals surface area (Å²) in [5, 5.41) is 12.8. The fourth-order valence-electron chi connectivity index (χ4n) is 2.52. The summed E-state index contributed by atoms with van der Waals surface area (Å²) < 4.78 is 0. The summed E-state index contributed by atoms with van der Waals surface area (Å²) in [6, 6.07) is -0.464. The first kappa shape index (κ1) is 15.4. The van der Waals surface area contributed by atoms with Crippen LogP contribution >= 0.6 is 0 Å². The lowest BCUT2D eigenvalue weighted by Gasteiger charge is -2.27. The van der Waals surface area contributed by atoms with Gasteiger partial charge in [-0.1, -0.05) is 39.5 Å². The molecule has 0 spiro atoms. The van der Waals surface area contributed by atoms with Crippen LogP contribution < -0.4 is 11.1 Å². The summed E-state index contributed by atoms with van der Waals surface area (Å²) in [7, 11) is 0. The van der Waals surface area contributed by atoms with Gasteiger partial charge in [0.2, 0.25) is 5.91 Å². The molecule has 0 bridgehead atoms. The highest BCUT2D eigenvalue weighted by molar-refractivity contribution is 5.81. The van der Waals surface area contributed by atoms with E-state index in [0.29, 0.717) is 12.5 Å². The first-order valence-electron chi connectivity index (χ1n) is 7.27. The van der Waals surface area contributed by atoms with Gasteiger partial charge in [-0.2, -0.15) is 0 Å². The van der Waals surface area contributed by atoms with E-state index in [1.807, 2.05) is 13.8 Å². The number of carbonyl (C=O) groups excluding carboxylic acids is 1. The van der Waals surface area contributed by atoms with Crippen molar-refractivity contribution in [2.75, 3.05) is 6.54 Å². The van der Waals surface area contributed by atoms with Crippen molar-refractivity contribution in [2.45, 2.75) is 64.5 Å². The summed E-state index contributed by atoms with van der Waals surface area (Å²) in [5.74, 6) is 0.384. The van der Waals surface area contributed by atoms with Crippen LogP contribution in [0.15, 0.2) is 0 Å². The van der Waals surface area contributed by atoms with Crippen molar-refractivity contribution in [2.24, 2.45) is 17.6 Å². The Hall–Kier alpha value is -0.610. The van der Waals surface area contributed by atoms with Crippen molar-refractivity contribution in [3.05, 3.63) is 0 Å². The Morgan fingerprint density at radius 2 is 2.00 bits per heavy atom. The highest BCUT2D eigenvalue weighted by Gasteiger charge is 2.24. The van der Waals surface area contributed by atoms with Crippen molar-refractivity contribution in [1.82, 2.24) is 5.32 Å². The first-order chi connectivity index (χ1) is 8.56. The molecule has 0 aromatic rings. The van der Waals surface area contributed by atoms with E-state index in [9.17, 15) is 9.90 Å². The van der Waals surface area contributed by atoms with Crippen LogP contribution in [0.1, 0.15) is 52.4 Å². The van der Waals surface area contributed by atoms with Crippen LogP contribution in [0.4, 0.5) is 0 Å². The fourth-order valence-corrected chi connectivity index (χ4v) is 2.52. The average Bonchev–Trinajstić information content (AvgIpc) is 2.43. The van der Waals surface area contributed by atoms with Crippen LogP contribution in [0.5, 0.6) is 0 Å². The number of carbonyl (C=O) groups is 1. The number of nitrogens with two attached hydrogens (primary N) is 1. The van der Waals surface area contributed by atoms with E-state index in [0.717, 1.165) is 19.3 Å². The SMILES string of the molecule is CCC(C)C(N)C(=O)NCC(O)C1CCCCC1. The molecule has 1 saturated carbocycles. The van der Waals surface area contributed by atoms with Crippen molar-refractivity contribution in [1.29, 1.82) is 0 Å². The third-order valence-electron chi connectivity index (χ3n) is 4.24. The van der Waals surface area contributed by atoms with E-state index in [1.165, 1.54) is 19.3 Å². The lowest BCUT2D eigenvalue weighted by molar-refractivity contribution is -0.124. The molecule has 4 nitrogen and oxygen atoms in total. The van der Waals surface area contributed by atoms with Gasteiger partial charge in [-0.05, 0) is 24.7 Å². The standard InChI is InChI=1S/C14H28N2O2/c1-3-10(2)13(15)14(18)16-9-12(17)11-7-5-4-6-8-11/h10-13,17H,3-9,15H2,1-2H3,(H,16,18). The van der Waals surface area contributed by atoms with Gasteiger partial charge in [0.15, 0.2) is 0 Å². The van der Waals surface area contributed by atoms with E-state index in [1.54, 1.807) is 0 Å². The van der Waals surface area contributed by atoms with Gasteiger partial charge in [-0.3, -0.25) is 4.79 Å². The van der Waals surface area contributed by atoms with E-state index in [-0.39, 0.29) is 11.8 Å². The Morgan fingerprint density at radius 3 is 2.56 bits per heavy atom. The molecule has 0 saturated heterocycles. The van der Waals surface area contributed by atoms with Gasteiger partial charge in [0, 0.05) is 6.54 Å². The Labute approximate surface area is 110 Å². The number of nitrogens with one attached hydrogen (secondary N) is 1. The zero-order valence-corrected chi connectivity index (χ0v) is 11.7. The van der Waals surface area contributed by atoms with Gasteiger partial charge in [0.05, 0.1) is 12.1 Å². The monoisotopic (exact) mass is 256 g/mol. The van der Waals surface area contributed by atoms with E-state index >= 15 is 0 Å². The molecule has 1 fully saturated rings. The predicted molar refractivity (Wildman–Crippen MR) is 73.0 cm³/mol. The summed E-state index contributed by atoms with van der Waals surface area (Å²) >= 11 is 0. The van der Waals surface area contributed by atoms with Crippen LogP contribution in [0.3, 0.4) is 0 Å². The van der Waals surface area contributed by atoms with E-state index < -0.39 is 12.1 Å². The van der Waals surface area contributed by atoms with E-state index in [2.05, 4.69) is 5.32 Å². The van der Waals surface area contributed by atoms with Gasteiger partial charge >= 0.3 is 0 Å².